The van der Waals surface area contributed by atoms with Crippen molar-refractivity contribution in [2.45, 2.75) is 39.0 Å². The highest BCUT2D eigenvalue weighted by Gasteiger charge is 2.25. The van der Waals surface area contributed by atoms with E-state index in [4.69, 9.17) is 21.1 Å². The van der Waals surface area contributed by atoms with Crippen molar-refractivity contribution in [2.24, 2.45) is 0 Å². The quantitative estimate of drug-likeness (QED) is 0.919. The maximum Gasteiger partial charge on any atom is 0.180 e. The van der Waals surface area contributed by atoms with Gasteiger partial charge in [-0.25, -0.2) is 0 Å². The van der Waals surface area contributed by atoms with Crippen LogP contribution in [0, 0.1) is 0 Å². The molecule has 1 atom stereocenters. The standard InChI is InChI=1S/C15H21ClO3/c1-9(2)13-11(10(3)8-17)7-12(16)14-15(13)19-6-4-5-18-14/h7,9-10,17H,4-6,8H2,1-3H3. The molecule has 19 heavy (non-hydrogen) atoms. The molecule has 4 heteroatoms. The van der Waals surface area contributed by atoms with E-state index in [2.05, 4.69) is 13.8 Å². The maximum atomic E-state index is 9.43. The van der Waals surface area contributed by atoms with Crippen molar-refractivity contribution in [1.29, 1.82) is 0 Å². The zero-order chi connectivity index (χ0) is 14.0. The minimum atomic E-state index is 0.0343. The molecule has 2 rings (SSSR count). The number of hydrogen-bond acceptors (Lipinski definition) is 3. The molecule has 106 valence electrons. The van der Waals surface area contributed by atoms with E-state index in [1.807, 2.05) is 13.0 Å². The minimum Gasteiger partial charge on any atom is -0.489 e. The summed E-state index contributed by atoms with van der Waals surface area (Å²) < 4.78 is 11.6. The van der Waals surface area contributed by atoms with E-state index in [-0.39, 0.29) is 18.4 Å². The Hall–Kier alpha value is -0.930. The van der Waals surface area contributed by atoms with Gasteiger partial charge in [0.25, 0.3) is 0 Å². The van der Waals surface area contributed by atoms with Crippen molar-refractivity contribution in [3.8, 4) is 11.5 Å². The summed E-state index contributed by atoms with van der Waals surface area (Å²) in [4.78, 5) is 0. The van der Waals surface area contributed by atoms with E-state index in [9.17, 15) is 5.11 Å². The number of halogens is 1. The Kier molecular flexibility index (Phi) is 4.58. The first kappa shape index (κ1) is 14.5. The van der Waals surface area contributed by atoms with Crippen LogP contribution in [0.25, 0.3) is 0 Å². The summed E-state index contributed by atoms with van der Waals surface area (Å²) in [7, 11) is 0. The lowest BCUT2D eigenvalue weighted by Gasteiger charge is -2.23. The second-order valence-corrected chi connectivity index (χ2v) is 5.72. The first-order chi connectivity index (χ1) is 9.06. The third kappa shape index (κ3) is 2.82. The molecule has 1 unspecified atom stereocenters. The lowest BCUT2D eigenvalue weighted by atomic mass is 9.89. The van der Waals surface area contributed by atoms with Gasteiger partial charge < -0.3 is 14.6 Å². The molecule has 1 aromatic carbocycles. The second kappa shape index (κ2) is 6.02. The predicted octanol–water partition coefficient (Wildman–Crippen LogP) is 3.72. The van der Waals surface area contributed by atoms with Crippen LogP contribution in [0.4, 0.5) is 0 Å². The fourth-order valence-electron chi connectivity index (χ4n) is 2.43. The molecule has 1 heterocycles. The van der Waals surface area contributed by atoms with E-state index >= 15 is 0 Å². The number of ether oxygens (including phenoxy) is 2. The average Bonchev–Trinajstić information content (AvgIpc) is 2.63. The summed E-state index contributed by atoms with van der Waals surface area (Å²) in [5.41, 5.74) is 2.15. The first-order valence-corrected chi connectivity index (χ1v) is 7.16. The molecule has 1 aliphatic rings. The number of fused-ring (bicyclic) bond motifs is 1. The molecule has 0 aromatic heterocycles. The SMILES string of the molecule is CC(C)c1c(C(C)CO)cc(Cl)c2c1OCCCO2. The zero-order valence-corrected chi connectivity index (χ0v) is 12.5. The van der Waals surface area contributed by atoms with E-state index in [0.717, 1.165) is 23.3 Å². The summed E-state index contributed by atoms with van der Waals surface area (Å²) >= 11 is 6.31. The summed E-state index contributed by atoms with van der Waals surface area (Å²) in [5.74, 6) is 1.73. The number of aliphatic hydroxyl groups is 1. The molecule has 3 nitrogen and oxygen atoms in total. The van der Waals surface area contributed by atoms with E-state index < -0.39 is 0 Å². The average molecular weight is 285 g/mol. The number of hydrogen-bond donors (Lipinski definition) is 1. The molecule has 0 amide bonds. The highest BCUT2D eigenvalue weighted by molar-refractivity contribution is 6.32. The molecule has 0 spiro atoms. The van der Waals surface area contributed by atoms with Crippen molar-refractivity contribution >= 4 is 11.6 Å². The Morgan fingerprint density at radius 1 is 1.21 bits per heavy atom. The Morgan fingerprint density at radius 3 is 2.42 bits per heavy atom. The maximum absolute atomic E-state index is 9.43. The molecule has 0 fully saturated rings. The van der Waals surface area contributed by atoms with Gasteiger partial charge in [0, 0.05) is 24.5 Å². The molecule has 1 aliphatic heterocycles. The molecular weight excluding hydrogens is 264 g/mol. The monoisotopic (exact) mass is 284 g/mol. The van der Waals surface area contributed by atoms with Crippen LogP contribution in [0.5, 0.6) is 11.5 Å². The topological polar surface area (TPSA) is 38.7 Å². The van der Waals surface area contributed by atoms with Crippen LogP contribution < -0.4 is 9.47 Å². The molecule has 0 saturated carbocycles. The molecule has 0 radical (unpaired) electrons. The van der Waals surface area contributed by atoms with Gasteiger partial charge in [-0.2, -0.15) is 0 Å². The summed E-state index contributed by atoms with van der Waals surface area (Å²) in [6.45, 7) is 7.58. The number of aliphatic hydroxyl groups excluding tert-OH is 1. The minimum absolute atomic E-state index is 0.0343. The highest BCUT2D eigenvalue weighted by atomic mass is 35.5. The van der Waals surface area contributed by atoms with Crippen LogP contribution in [-0.4, -0.2) is 24.9 Å². The van der Waals surface area contributed by atoms with Gasteiger partial charge in [-0.3, -0.25) is 0 Å². The normalized spacial score (nSPS) is 16.3. The Balaban J connectivity index is 2.63. The predicted molar refractivity (Wildman–Crippen MR) is 76.6 cm³/mol. The van der Waals surface area contributed by atoms with Crippen LogP contribution in [-0.2, 0) is 0 Å². The third-order valence-electron chi connectivity index (χ3n) is 3.42. The van der Waals surface area contributed by atoms with Gasteiger partial charge in [-0.15, -0.1) is 0 Å². The summed E-state index contributed by atoms with van der Waals surface area (Å²) in [6, 6.07) is 1.91. The Labute approximate surface area is 119 Å². The summed E-state index contributed by atoms with van der Waals surface area (Å²) in [5, 5.41) is 10.00. The molecule has 1 N–H and O–H groups in total. The lowest BCUT2D eigenvalue weighted by molar-refractivity contribution is 0.271. The first-order valence-electron chi connectivity index (χ1n) is 6.79. The number of benzene rings is 1. The van der Waals surface area contributed by atoms with E-state index in [0.29, 0.717) is 24.0 Å². The smallest absolute Gasteiger partial charge is 0.180 e. The molecule has 1 aromatic rings. The molecular formula is C15H21ClO3. The van der Waals surface area contributed by atoms with Crippen molar-refractivity contribution in [3.63, 3.8) is 0 Å². The second-order valence-electron chi connectivity index (χ2n) is 5.31. The van der Waals surface area contributed by atoms with E-state index in [1.54, 1.807) is 0 Å². The van der Waals surface area contributed by atoms with Crippen LogP contribution in [0.2, 0.25) is 5.02 Å². The van der Waals surface area contributed by atoms with Crippen molar-refractivity contribution < 1.29 is 14.6 Å². The van der Waals surface area contributed by atoms with Gasteiger partial charge in [0.2, 0.25) is 0 Å². The molecule has 0 aliphatic carbocycles. The summed E-state index contributed by atoms with van der Waals surface area (Å²) in [6.07, 6.45) is 0.855. The molecule has 0 saturated heterocycles. The fraction of sp³-hybridized carbons (Fsp3) is 0.600. The van der Waals surface area contributed by atoms with Gasteiger partial charge in [-0.05, 0) is 17.5 Å². The number of rotatable bonds is 3. The van der Waals surface area contributed by atoms with Crippen molar-refractivity contribution in [2.75, 3.05) is 19.8 Å². The van der Waals surface area contributed by atoms with Gasteiger partial charge >= 0.3 is 0 Å². The Bertz CT molecular complexity index is 457. The van der Waals surface area contributed by atoms with Crippen molar-refractivity contribution in [1.82, 2.24) is 0 Å². The van der Waals surface area contributed by atoms with Crippen LogP contribution in [0.3, 0.4) is 0 Å². The highest BCUT2D eigenvalue weighted by Crippen LogP contribution is 2.46. The van der Waals surface area contributed by atoms with Gasteiger partial charge in [-0.1, -0.05) is 32.4 Å². The Morgan fingerprint density at radius 2 is 1.84 bits per heavy atom. The largest absolute Gasteiger partial charge is 0.489 e. The lowest BCUT2D eigenvalue weighted by Crippen LogP contribution is -2.08. The zero-order valence-electron chi connectivity index (χ0n) is 11.7. The van der Waals surface area contributed by atoms with Crippen molar-refractivity contribution in [3.05, 3.63) is 22.2 Å². The van der Waals surface area contributed by atoms with Gasteiger partial charge in [0.1, 0.15) is 0 Å². The van der Waals surface area contributed by atoms with Crippen LogP contribution in [0.1, 0.15) is 50.2 Å². The molecule has 0 bridgehead atoms. The third-order valence-corrected chi connectivity index (χ3v) is 3.71. The van der Waals surface area contributed by atoms with Gasteiger partial charge in [0.05, 0.1) is 18.2 Å². The van der Waals surface area contributed by atoms with Crippen LogP contribution >= 0.6 is 11.6 Å². The fourth-order valence-corrected chi connectivity index (χ4v) is 2.69. The van der Waals surface area contributed by atoms with E-state index in [1.165, 1.54) is 0 Å². The van der Waals surface area contributed by atoms with Gasteiger partial charge in [0.15, 0.2) is 11.5 Å². The van der Waals surface area contributed by atoms with Crippen LogP contribution in [0.15, 0.2) is 6.07 Å².